The summed E-state index contributed by atoms with van der Waals surface area (Å²) in [6, 6.07) is 12.2. The lowest BCUT2D eigenvalue weighted by atomic mass is 9.84. The molecule has 1 aliphatic carbocycles. The van der Waals surface area contributed by atoms with Crippen LogP contribution in [0.2, 0.25) is 0 Å². The van der Waals surface area contributed by atoms with E-state index in [1.165, 1.54) is 23.1 Å². The van der Waals surface area contributed by atoms with Crippen LogP contribution in [0, 0.1) is 17.6 Å². The number of hydrogen-bond donors (Lipinski definition) is 2. The van der Waals surface area contributed by atoms with Crippen LogP contribution in [0.15, 0.2) is 96.7 Å². The monoisotopic (exact) mass is 554 g/mol. The fourth-order valence-electron chi connectivity index (χ4n) is 5.37. The number of primary amides is 1. The number of amides is 3. The molecule has 0 spiro atoms. The number of fused-ring (bicyclic) bond motifs is 1. The third kappa shape index (κ3) is 6.14. The number of halogens is 2. The van der Waals surface area contributed by atoms with Gasteiger partial charge in [-0.25, -0.2) is 8.78 Å². The SMILES string of the molecule is CC1=CC(=O)N(CC(=O)NC(Cc2cc(F)cc(F)c2)c2ncccc2-c2cccc(C(N)=O)c2)C2C=CC=CC12. The summed E-state index contributed by atoms with van der Waals surface area (Å²) in [7, 11) is 0. The summed E-state index contributed by atoms with van der Waals surface area (Å²) in [5.41, 5.74) is 8.65. The van der Waals surface area contributed by atoms with E-state index in [9.17, 15) is 23.2 Å². The summed E-state index contributed by atoms with van der Waals surface area (Å²) in [4.78, 5) is 44.3. The molecule has 2 heterocycles. The van der Waals surface area contributed by atoms with Gasteiger partial charge in [-0.2, -0.15) is 0 Å². The van der Waals surface area contributed by atoms with Crippen molar-refractivity contribution in [3.63, 3.8) is 0 Å². The lowest BCUT2D eigenvalue weighted by Gasteiger charge is -2.38. The summed E-state index contributed by atoms with van der Waals surface area (Å²) in [6.45, 7) is 1.66. The lowest BCUT2D eigenvalue weighted by Crippen LogP contribution is -2.51. The normalized spacial score (nSPS) is 18.5. The Bertz CT molecular complexity index is 1590. The Balaban J connectivity index is 1.49. The van der Waals surface area contributed by atoms with E-state index in [1.54, 1.807) is 42.6 Å². The average molecular weight is 555 g/mol. The maximum atomic E-state index is 14.1. The zero-order chi connectivity index (χ0) is 29.1. The fourth-order valence-corrected chi connectivity index (χ4v) is 5.37. The number of benzene rings is 2. The number of nitrogens with one attached hydrogen (secondary N) is 1. The molecule has 208 valence electrons. The van der Waals surface area contributed by atoms with E-state index in [1.807, 2.05) is 31.2 Å². The molecule has 3 amide bonds. The molecule has 2 aliphatic rings. The molecule has 9 heteroatoms. The highest BCUT2D eigenvalue weighted by molar-refractivity contribution is 5.95. The molecule has 2 aromatic carbocycles. The van der Waals surface area contributed by atoms with Crippen LogP contribution in [-0.4, -0.2) is 40.2 Å². The van der Waals surface area contributed by atoms with Gasteiger partial charge in [0.05, 0.1) is 17.8 Å². The number of rotatable bonds is 8. The second-order valence-electron chi connectivity index (χ2n) is 10.1. The maximum Gasteiger partial charge on any atom is 0.248 e. The van der Waals surface area contributed by atoms with Gasteiger partial charge in [-0.3, -0.25) is 19.4 Å². The van der Waals surface area contributed by atoms with Gasteiger partial charge in [-0.05, 0) is 54.8 Å². The minimum Gasteiger partial charge on any atom is -0.366 e. The zero-order valence-corrected chi connectivity index (χ0v) is 22.3. The van der Waals surface area contributed by atoms with Gasteiger partial charge in [0.25, 0.3) is 0 Å². The highest BCUT2D eigenvalue weighted by atomic mass is 19.1. The van der Waals surface area contributed by atoms with Crippen molar-refractivity contribution in [3.8, 4) is 11.1 Å². The van der Waals surface area contributed by atoms with E-state index in [0.717, 1.165) is 11.6 Å². The van der Waals surface area contributed by atoms with Crippen LogP contribution >= 0.6 is 0 Å². The van der Waals surface area contributed by atoms with Crippen molar-refractivity contribution >= 4 is 17.7 Å². The van der Waals surface area contributed by atoms with Crippen molar-refractivity contribution in [1.29, 1.82) is 0 Å². The van der Waals surface area contributed by atoms with Crippen molar-refractivity contribution in [3.05, 3.63) is 125 Å². The molecule has 0 radical (unpaired) electrons. The molecule has 1 aromatic heterocycles. The van der Waals surface area contributed by atoms with Crippen molar-refractivity contribution in [2.75, 3.05) is 6.54 Å². The van der Waals surface area contributed by atoms with Crippen molar-refractivity contribution < 1.29 is 23.2 Å². The number of nitrogens with two attached hydrogens (primary N) is 1. The number of carbonyl (C=O) groups excluding carboxylic acids is 3. The number of allylic oxidation sites excluding steroid dienone is 2. The molecular formula is C32H28F2N4O3. The quantitative estimate of drug-likeness (QED) is 0.430. The molecule has 5 rings (SSSR count). The standard InChI is InChI=1S/C32H28F2N4O3/c1-19-12-30(40)38(28-10-3-2-8-25(19)28)18-29(39)37-27(15-20-13-23(33)17-24(34)14-20)31-26(9-5-11-36-31)21-6-4-7-22(16-21)32(35)41/h2-14,16-17,25,27-28H,15,18H2,1H3,(H2,35,41)(H,37,39). The Morgan fingerprint density at radius 1 is 1.05 bits per heavy atom. The van der Waals surface area contributed by atoms with E-state index in [4.69, 9.17) is 5.73 Å². The highest BCUT2D eigenvalue weighted by Gasteiger charge is 2.35. The molecule has 3 aromatic rings. The highest BCUT2D eigenvalue weighted by Crippen LogP contribution is 2.31. The summed E-state index contributed by atoms with van der Waals surface area (Å²) in [6.07, 6.45) is 10.7. The predicted octanol–water partition coefficient (Wildman–Crippen LogP) is 4.43. The second kappa shape index (κ2) is 11.7. The van der Waals surface area contributed by atoms with Crippen LogP contribution in [0.5, 0.6) is 0 Å². The Morgan fingerprint density at radius 3 is 2.56 bits per heavy atom. The van der Waals surface area contributed by atoms with Crippen molar-refractivity contribution in [1.82, 2.24) is 15.2 Å². The maximum absolute atomic E-state index is 14.1. The number of aromatic nitrogens is 1. The van der Waals surface area contributed by atoms with Crippen LogP contribution in [0.1, 0.15) is 34.6 Å². The number of pyridine rings is 1. The molecule has 1 aliphatic heterocycles. The minimum absolute atomic E-state index is 0.0155. The third-order valence-corrected chi connectivity index (χ3v) is 7.26. The Hall–Kier alpha value is -4.92. The van der Waals surface area contributed by atoms with Crippen LogP contribution in [-0.2, 0) is 16.0 Å². The molecule has 0 fully saturated rings. The van der Waals surface area contributed by atoms with Gasteiger partial charge < -0.3 is 16.0 Å². The van der Waals surface area contributed by atoms with E-state index >= 15 is 0 Å². The molecule has 7 nitrogen and oxygen atoms in total. The zero-order valence-electron chi connectivity index (χ0n) is 22.3. The smallest absolute Gasteiger partial charge is 0.248 e. The first-order valence-corrected chi connectivity index (χ1v) is 13.1. The molecule has 0 bridgehead atoms. The number of carbonyl (C=O) groups is 3. The van der Waals surface area contributed by atoms with E-state index < -0.39 is 29.5 Å². The molecule has 3 N–H and O–H groups in total. The summed E-state index contributed by atoms with van der Waals surface area (Å²) in [5.74, 6) is -2.86. The Morgan fingerprint density at radius 2 is 1.80 bits per heavy atom. The van der Waals surface area contributed by atoms with Crippen LogP contribution in [0.3, 0.4) is 0 Å². The van der Waals surface area contributed by atoms with Gasteiger partial charge >= 0.3 is 0 Å². The molecular weight excluding hydrogens is 526 g/mol. The van der Waals surface area contributed by atoms with Gasteiger partial charge in [-0.1, -0.05) is 48.1 Å². The van der Waals surface area contributed by atoms with Crippen LogP contribution in [0.4, 0.5) is 8.78 Å². The largest absolute Gasteiger partial charge is 0.366 e. The molecule has 0 saturated heterocycles. The van der Waals surface area contributed by atoms with Crippen molar-refractivity contribution in [2.24, 2.45) is 11.7 Å². The van der Waals surface area contributed by atoms with Gasteiger partial charge in [0.2, 0.25) is 17.7 Å². The third-order valence-electron chi connectivity index (χ3n) is 7.26. The van der Waals surface area contributed by atoms with E-state index in [2.05, 4.69) is 10.3 Å². The van der Waals surface area contributed by atoms with Gasteiger partial charge in [0.1, 0.15) is 18.2 Å². The Labute approximate surface area is 236 Å². The first-order valence-electron chi connectivity index (χ1n) is 13.1. The van der Waals surface area contributed by atoms with Crippen LogP contribution < -0.4 is 11.1 Å². The Kier molecular flexibility index (Phi) is 7.87. The van der Waals surface area contributed by atoms with Crippen LogP contribution in [0.25, 0.3) is 11.1 Å². The first kappa shape index (κ1) is 27.6. The molecule has 3 atom stereocenters. The average Bonchev–Trinajstić information content (AvgIpc) is 2.94. The van der Waals surface area contributed by atoms with E-state index in [0.29, 0.717) is 27.9 Å². The second-order valence-corrected chi connectivity index (χ2v) is 10.1. The molecule has 41 heavy (non-hydrogen) atoms. The minimum atomic E-state index is -0.827. The summed E-state index contributed by atoms with van der Waals surface area (Å²) >= 11 is 0. The summed E-state index contributed by atoms with van der Waals surface area (Å²) < 4.78 is 28.2. The predicted molar refractivity (Wildman–Crippen MR) is 150 cm³/mol. The van der Waals surface area contributed by atoms with E-state index in [-0.39, 0.29) is 30.8 Å². The van der Waals surface area contributed by atoms with Gasteiger partial charge in [0, 0.05) is 35.4 Å². The number of hydrogen-bond acceptors (Lipinski definition) is 4. The molecule has 0 saturated carbocycles. The van der Waals surface area contributed by atoms with Gasteiger partial charge in [0.15, 0.2) is 0 Å². The first-order chi connectivity index (χ1) is 19.7. The lowest BCUT2D eigenvalue weighted by molar-refractivity contribution is -0.135. The van der Waals surface area contributed by atoms with Crippen molar-refractivity contribution in [2.45, 2.75) is 25.4 Å². The number of nitrogens with zero attached hydrogens (tertiary/aromatic N) is 2. The van der Waals surface area contributed by atoms with Gasteiger partial charge in [-0.15, -0.1) is 0 Å². The molecule has 3 unspecified atom stereocenters. The fraction of sp³-hybridized carbons (Fsp3) is 0.188. The topological polar surface area (TPSA) is 105 Å². The summed E-state index contributed by atoms with van der Waals surface area (Å²) in [5, 5.41) is 2.95.